The number of ether oxygens (including phenoxy) is 1. The molecule has 1 aromatic heterocycles. The minimum Gasteiger partial charge on any atom is -0.459 e. The van der Waals surface area contributed by atoms with Crippen molar-refractivity contribution < 1.29 is 19.5 Å². The molecule has 28 heavy (non-hydrogen) atoms. The van der Waals surface area contributed by atoms with E-state index in [-0.39, 0.29) is 17.9 Å². The third-order valence-electron chi connectivity index (χ3n) is 4.67. The molecule has 1 fully saturated rings. The van der Waals surface area contributed by atoms with Gasteiger partial charge in [0.05, 0.1) is 5.69 Å². The molecule has 2 rings (SSSR count). The second-order valence-corrected chi connectivity index (χ2v) is 8.19. The number of hydroxylamine groups is 1. The summed E-state index contributed by atoms with van der Waals surface area (Å²) in [5.74, 6) is -0.516. The molecule has 7 heteroatoms. The van der Waals surface area contributed by atoms with Gasteiger partial charge in [-0.15, -0.1) is 0 Å². The van der Waals surface area contributed by atoms with Crippen LogP contribution in [0, 0.1) is 5.92 Å². The molecule has 0 unspecified atom stereocenters. The molecule has 3 N–H and O–H groups in total. The first kappa shape index (κ1) is 22.0. The number of esters is 1. The van der Waals surface area contributed by atoms with Gasteiger partial charge >= 0.3 is 5.97 Å². The van der Waals surface area contributed by atoms with Crippen molar-refractivity contribution in [2.24, 2.45) is 5.92 Å². The second-order valence-electron chi connectivity index (χ2n) is 8.19. The minimum atomic E-state index is -0.611. The normalized spacial score (nSPS) is 16.7. The number of carbonyl (C=O) groups is 2. The average molecular weight is 389 g/mol. The van der Waals surface area contributed by atoms with Crippen LogP contribution < -0.4 is 10.8 Å². The van der Waals surface area contributed by atoms with Gasteiger partial charge in [0.2, 0.25) is 0 Å². The second kappa shape index (κ2) is 10.3. The van der Waals surface area contributed by atoms with Gasteiger partial charge in [0, 0.05) is 18.8 Å². The number of nitrogens with one attached hydrogen (secondary N) is 2. The number of hydrogen-bond acceptors (Lipinski definition) is 6. The molecule has 1 aliphatic rings. The van der Waals surface area contributed by atoms with Crippen molar-refractivity contribution in [1.82, 2.24) is 15.8 Å². The lowest BCUT2D eigenvalue weighted by Gasteiger charge is -2.32. The zero-order chi connectivity index (χ0) is 20.6. The molecule has 1 aliphatic carbocycles. The number of carbonyl (C=O) groups excluding carboxylic acids is 2. The molecule has 0 aliphatic heterocycles. The van der Waals surface area contributed by atoms with E-state index >= 15 is 0 Å². The molecule has 7 nitrogen and oxygen atoms in total. The summed E-state index contributed by atoms with van der Waals surface area (Å²) in [4.78, 5) is 28.0. The fourth-order valence-corrected chi connectivity index (χ4v) is 3.34. The largest absolute Gasteiger partial charge is 0.459 e. The molecule has 0 spiro atoms. The first-order valence-corrected chi connectivity index (χ1v) is 9.82. The first-order chi connectivity index (χ1) is 13.3. The maximum atomic E-state index is 12.7. The summed E-state index contributed by atoms with van der Waals surface area (Å²) in [5, 5.41) is 11.9. The van der Waals surface area contributed by atoms with Gasteiger partial charge in [-0.05, 0) is 57.2 Å². The smallest absolute Gasteiger partial charge is 0.323 e. The maximum Gasteiger partial charge on any atom is 0.323 e. The van der Waals surface area contributed by atoms with E-state index in [0.717, 1.165) is 31.2 Å². The van der Waals surface area contributed by atoms with Crippen molar-refractivity contribution in [2.45, 2.75) is 71.1 Å². The molecule has 1 amide bonds. The van der Waals surface area contributed by atoms with E-state index in [1.807, 2.05) is 26.8 Å². The highest BCUT2D eigenvalue weighted by molar-refractivity contribution is 5.90. The maximum absolute atomic E-state index is 12.7. The Balaban J connectivity index is 2.00. The van der Waals surface area contributed by atoms with E-state index < -0.39 is 11.5 Å². The lowest BCUT2D eigenvalue weighted by atomic mass is 9.83. The monoisotopic (exact) mass is 389 g/mol. The van der Waals surface area contributed by atoms with Crippen molar-refractivity contribution in [1.29, 1.82) is 0 Å². The fraction of sp³-hybridized carbons (Fsp3) is 0.571. The van der Waals surface area contributed by atoms with Gasteiger partial charge in [-0.3, -0.25) is 19.8 Å². The summed E-state index contributed by atoms with van der Waals surface area (Å²) in [7, 11) is 0. The van der Waals surface area contributed by atoms with E-state index in [9.17, 15) is 9.59 Å². The van der Waals surface area contributed by atoms with Crippen LogP contribution in [0.25, 0.3) is 6.08 Å². The fourth-order valence-electron chi connectivity index (χ4n) is 3.34. The molecule has 0 bridgehead atoms. The number of aromatic nitrogens is 1. The SMILES string of the molecule is CC(C)(C)OC(=O)[C@@H](NCc1ccc(C=CC(=O)NO)nc1)C1CCCCC1. The van der Waals surface area contributed by atoms with Gasteiger partial charge in [0.15, 0.2) is 0 Å². The molecule has 1 atom stereocenters. The van der Waals surface area contributed by atoms with Crippen LogP contribution in [-0.2, 0) is 20.9 Å². The zero-order valence-corrected chi connectivity index (χ0v) is 16.9. The van der Waals surface area contributed by atoms with E-state index in [4.69, 9.17) is 9.94 Å². The highest BCUT2D eigenvalue weighted by atomic mass is 16.6. The van der Waals surface area contributed by atoms with E-state index in [1.165, 1.54) is 24.1 Å². The Morgan fingerprint density at radius 3 is 2.57 bits per heavy atom. The Kier molecular flexibility index (Phi) is 8.14. The third-order valence-corrected chi connectivity index (χ3v) is 4.67. The van der Waals surface area contributed by atoms with Crippen molar-refractivity contribution in [2.75, 3.05) is 0 Å². The van der Waals surface area contributed by atoms with E-state index in [2.05, 4.69) is 10.3 Å². The van der Waals surface area contributed by atoms with Crippen LogP contribution in [0.5, 0.6) is 0 Å². The molecule has 0 saturated heterocycles. The predicted octanol–water partition coefficient (Wildman–Crippen LogP) is 2.98. The summed E-state index contributed by atoms with van der Waals surface area (Å²) in [5.41, 5.74) is 2.56. The molecule has 1 saturated carbocycles. The van der Waals surface area contributed by atoms with Crippen LogP contribution in [0.15, 0.2) is 24.4 Å². The highest BCUT2D eigenvalue weighted by Gasteiger charge is 2.32. The van der Waals surface area contributed by atoms with E-state index in [0.29, 0.717) is 12.2 Å². The summed E-state index contributed by atoms with van der Waals surface area (Å²) in [6, 6.07) is 3.34. The Bertz CT molecular complexity index is 674. The molecule has 1 aromatic rings. The summed E-state index contributed by atoms with van der Waals surface area (Å²) in [6.45, 7) is 6.16. The van der Waals surface area contributed by atoms with Gasteiger partial charge in [-0.25, -0.2) is 5.48 Å². The molecular formula is C21H31N3O4. The van der Waals surface area contributed by atoms with Crippen molar-refractivity contribution in [3.05, 3.63) is 35.7 Å². The van der Waals surface area contributed by atoms with Crippen LogP contribution in [0.4, 0.5) is 0 Å². The van der Waals surface area contributed by atoms with Crippen LogP contribution in [0.2, 0.25) is 0 Å². The van der Waals surface area contributed by atoms with Crippen LogP contribution in [0.3, 0.4) is 0 Å². The molecular weight excluding hydrogens is 358 g/mol. The Hall–Kier alpha value is -2.25. The van der Waals surface area contributed by atoms with Gasteiger partial charge in [-0.2, -0.15) is 0 Å². The lowest BCUT2D eigenvalue weighted by molar-refractivity contribution is -0.159. The van der Waals surface area contributed by atoms with Gasteiger partial charge < -0.3 is 10.1 Å². The van der Waals surface area contributed by atoms with Crippen LogP contribution >= 0.6 is 0 Å². The van der Waals surface area contributed by atoms with Crippen molar-refractivity contribution in [3.63, 3.8) is 0 Å². The number of nitrogens with zero attached hydrogens (tertiary/aromatic N) is 1. The van der Waals surface area contributed by atoms with Crippen LogP contribution in [0.1, 0.15) is 64.1 Å². The van der Waals surface area contributed by atoms with Crippen LogP contribution in [-0.4, -0.2) is 33.7 Å². The molecule has 0 radical (unpaired) electrons. The number of rotatable bonds is 7. The molecule has 1 heterocycles. The summed E-state index contributed by atoms with van der Waals surface area (Å²) < 4.78 is 5.64. The lowest BCUT2D eigenvalue weighted by Crippen LogP contribution is -2.46. The molecule has 154 valence electrons. The first-order valence-electron chi connectivity index (χ1n) is 9.82. The summed E-state index contributed by atoms with van der Waals surface area (Å²) >= 11 is 0. The number of hydrogen-bond donors (Lipinski definition) is 3. The van der Waals surface area contributed by atoms with Crippen molar-refractivity contribution >= 4 is 18.0 Å². The highest BCUT2D eigenvalue weighted by Crippen LogP contribution is 2.28. The number of pyridine rings is 1. The van der Waals surface area contributed by atoms with Gasteiger partial charge in [0.1, 0.15) is 11.6 Å². The van der Waals surface area contributed by atoms with Crippen molar-refractivity contribution in [3.8, 4) is 0 Å². The Labute approximate surface area is 166 Å². The van der Waals surface area contributed by atoms with E-state index in [1.54, 1.807) is 12.3 Å². The zero-order valence-electron chi connectivity index (χ0n) is 16.9. The Morgan fingerprint density at radius 2 is 2.00 bits per heavy atom. The predicted molar refractivity (Wildman–Crippen MR) is 106 cm³/mol. The standard InChI is InChI=1S/C21H31N3O4/c1-21(2,3)28-20(26)19(16-7-5-4-6-8-16)23-14-15-9-10-17(22-13-15)11-12-18(25)24-27/h9-13,16,19,23,27H,4-8,14H2,1-3H3,(H,24,25)/t19-/m0/s1. The minimum absolute atomic E-state index is 0.193. The average Bonchev–Trinajstić information content (AvgIpc) is 2.66. The van der Waals surface area contributed by atoms with Gasteiger partial charge in [-0.1, -0.05) is 25.3 Å². The Morgan fingerprint density at radius 1 is 1.29 bits per heavy atom. The summed E-state index contributed by atoms with van der Waals surface area (Å²) in [6.07, 6.45) is 10.0. The molecule has 0 aromatic carbocycles. The quantitative estimate of drug-likeness (QED) is 0.287. The third kappa shape index (κ3) is 7.40. The topological polar surface area (TPSA) is 101 Å². The number of amides is 1. The van der Waals surface area contributed by atoms with Gasteiger partial charge in [0.25, 0.3) is 5.91 Å².